The van der Waals surface area contributed by atoms with Crippen molar-refractivity contribution in [2.75, 3.05) is 13.1 Å². The fourth-order valence-corrected chi connectivity index (χ4v) is 6.40. The Hall–Kier alpha value is -0.570. The fourth-order valence-electron chi connectivity index (χ4n) is 6.40. The second kappa shape index (κ2) is 3.97. The number of nitrogens with two attached hydrogens (primary N) is 1. The predicted molar refractivity (Wildman–Crippen MR) is 74.3 cm³/mol. The first kappa shape index (κ1) is 12.2. The largest absolute Gasteiger partial charge is 0.355 e. The smallest absolute Gasteiger partial charge is 0.220 e. The maximum Gasteiger partial charge on any atom is 0.220 e. The quantitative estimate of drug-likeness (QED) is 0.818. The molecule has 1 heterocycles. The van der Waals surface area contributed by atoms with Crippen molar-refractivity contribution >= 4 is 5.91 Å². The summed E-state index contributed by atoms with van der Waals surface area (Å²) in [5, 5.41) is 3.02. The lowest BCUT2D eigenvalue weighted by atomic mass is 9.47. The third-order valence-corrected chi connectivity index (χ3v) is 6.54. The van der Waals surface area contributed by atoms with Crippen LogP contribution in [0.2, 0.25) is 0 Å². The Bertz CT molecular complexity index is 370. The van der Waals surface area contributed by atoms with E-state index in [4.69, 9.17) is 5.73 Å². The van der Waals surface area contributed by atoms with Crippen molar-refractivity contribution < 1.29 is 4.79 Å². The molecule has 3 nitrogen and oxygen atoms in total. The summed E-state index contributed by atoms with van der Waals surface area (Å²) in [6.45, 7) is 1.50. The van der Waals surface area contributed by atoms with E-state index in [0.717, 1.165) is 24.3 Å². The molecule has 3 heteroatoms. The van der Waals surface area contributed by atoms with Gasteiger partial charge in [0.25, 0.3) is 0 Å². The summed E-state index contributed by atoms with van der Waals surface area (Å²) >= 11 is 0. The van der Waals surface area contributed by atoms with Crippen LogP contribution in [-0.4, -0.2) is 19.0 Å². The van der Waals surface area contributed by atoms with Gasteiger partial charge in [0.1, 0.15) is 0 Å². The normalized spacial score (nSPS) is 51.6. The SMILES string of the molecule is NCC1(CC23CC4CC(CC(C4)C2)C3)CNC(=O)C1. The number of amides is 1. The molecule has 4 bridgehead atoms. The van der Waals surface area contributed by atoms with Gasteiger partial charge < -0.3 is 11.1 Å². The fraction of sp³-hybridized carbons (Fsp3) is 0.938. The van der Waals surface area contributed by atoms with E-state index in [1.165, 1.54) is 44.9 Å². The van der Waals surface area contributed by atoms with E-state index < -0.39 is 0 Å². The highest BCUT2D eigenvalue weighted by atomic mass is 16.1. The third kappa shape index (κ3) is 1.93. The van der Waals surface area contributed by atoms with Crippen LogP contribution < -0.4 is 11.1 Å². The van der Waals surface area contributed by atoms with E-state index in [9.17, 15) is 4.79 Å². The number of hydrogen-bond acceptors (Lipinski definition) is 2. The Kier molecular flexibility index (Phi) is 2.55. The molecule has 0 radical (unpaired) electrons. The van der Waals surface area contributed by atoms with Crippen LogP contribution in [-0.2, 0) is 4.79 Å². The first-order valence-electron chi connectivity index (χ1n) is 8.07. The molecular weight excluding hydrogens is 236 g/mol. The minimum atomic E-state index is 0.0722. The minimum absolute atomic E-state index is 0.0722. The van der Waals surface area contributed by atoms with E-state index in [1.807, 2.05) is 0 Å². The van der Waals surface area contributed by atoms with Gasteiger partial charge in [0.15, 0.2) is 0 Å². The Balaban J connectivity index is 1.57. The van der Waals surface area contributed by atoms with Crippen LogP contribution in [0.15, 0.2) is 0 Å². The molecule has 4 aliphatic carbocycles. The van der Waals surface area contributed by atoms with Gasteiger partial charge in [-0.25, -0.2) is 0 Å². The van der Waals surface area contributed by atoms with Gasteiger partial charge in [-0.1, -0.05) is 0 Å². The van der Waals surface area contributed by atoms with Crippen LogP contribution in [0.3, 0.4) is 0 Å². The van der Waals surface area contributed by atoms with Gasteiger partial charge in [-0.15, -0.1) is 0 Å². The third-order valence-electron chi connectivity index (χ3n) is 6.54. The Morgan fingerprint density at radius 1 is 1.11 bits per heavy atom. The molecule has 5 aliphatic rings. The van der Waals surface area contributed by atoms with Crippen LogP contribution in [0.4, 0.5) is 0 Å². The van der Waals surface area contributed by atoms with Crippen molar-refractivity contribution in [1.82, 2.24) is 5.32 Å². The van der Waals surface area contributed by atoms with E-state index in [0.29, 0.717) is 18.4 Å². The van der Waals surface area contributed by atoms with Crippen molar-refractivity contribution in [3.63, 3.8) is 0 Å². The van der Waals surface area contributed by atoms with Gasteiger partial charge in [-0.3, -0.25) is 4.79 Å². The van der Waals surface area contributed by atoms with Gasteiger partial charge in [-0.2, -0.15) is 0 Å². The van der Waals surface area contributed by atoms with Crippen LogP contribution in [0, 0.1) is 28.6 Å². The van der Waals surface area contributed by atoms with E-state index in [2.05, 4.69) is 5.32 Å². The first-order chi connectivity index (χ1) is 9.10. The highest BCUT2D eigenvalue weighted by Crippen LogP contribution is 2.63. The molecule has 3 N–H and O–H groups in total. The van der Waals surface area contributed by atoms with Crippen molar-refractivity contribution in [3.8, 4) is 0 Å². The summed E-state index contributed by atoms with van der Waals surface area (Å²) in [6, 6.07) is 0. The van der Waals surface area contributed by atoms with Crippen LogP contribution >= 0.6 is 0 Å². The molecule has 1 amide bonds. The molecule has 1 unspecified atom stereocenters. The Morgan fingerprint density at radius 3 is 2.11 bits per heavy atom. The van der Waals surface area contributed by atoms with E-state index in [1.54, 1.807) is 0 Å². The van der Waals surface area contributed by atoms with Crippen molar-refractivity contribution in [1.29, 1.82) is 0 Å². The maximum atomic E-state index is 11.6. The zero-order valence-corrected chi connectivity index (χ0v) is 11.8. The lowest BCUT2D eigenvalue weighted by Gasteiger charge is -2.58. The van der Waals surface area contributed by atoms with Crippen LogP contribution in [0.1, 0.15) is 51.4 Å². The molecule has 0 aromatic heterocycles. The lowest BCUT2D eigenvalue weighted by molar-refractivity contribution is -0.120. The molecule has 4 saturated carbocycles. The molecule has 1 aliphatic heterocycles. The van der Waals surface area contributed by atoms with Gasteiger partial charge in [-0.05, 0) is 68.1 Å². The summed E-state index contributed by atoms with van der Waals surface area (Å²) in [5.74, 6) is 3.19. The summed E-state index contributed by atoms with van der Waals surface area (Å²) in [6.07, 6.45) is 10.6. The number of nitrogens with one attached hydrogen (secondary N) is 1. The Labute approximate surface area is 115 Å². The van der Waals surface area contributed by atoms with Crippen LogP contribution in [0.5, 0.6) is 0 Å². The average molecular weight is 262 g/mol. The molecule has 1 atom stereocenters. The average Bonchev–Trinajstić information content (AvgIpc) is 2.69. The van der Waals surface area contributed by atoms with Gasteiger partial charge in [0.05, 0.1) is 0 Å². The van der Waals surface area contributed by atoms with E-state index >= 15 is 0 Å². The topological polar surface area (TPSA) is 55.1 Å². The summed E-state index contributed by atoms with van der Waals surface area (Å²) < 4.78 is 0. The molecule has 0 aromatic rings. The first-order valence-corrected chi connectivity index (χ1v) is 8.07. The second-order valence-corrected chi connectivity index (χ2v) is 8.25. The van der Waals surface area contributed by atoms with Gasteiger partial charge in [0.2, 0.25) is 5.91 Å². The number of rotatable bonds is 3. The standard InChI is InChI=1S/C16H26N2O/c17-9-16(7-14(19)18-10-16)8-15-4-11-1-12(5-15)3-13(2-11)6-15/h11-13H,1-10,17H2,(H,18,19). The van der Waals surface area contributed by atoms with E-state index in [-0.39, 0.29) is 11.3 Å². The Morgan fingerprint density at radius 2 is 1.68 bits per heavy atom. The lowest BCUT2D eigenvalue weighted by Crippen LogP contribution is -2.49. The molecule has 5 fully saturated rings. The zero-order chi connectivity index (χ0) is 13.1. The minimum Gasteiger partial charge on any atom is -0.355 e. The summed E-state index contributed by atoms with van der Waals surface area (Å²) in [7, 11) is 0. The molecule has 106 valence electrons. The van der Waals surface area contributed by atoms with Crippen molar-refractivity contribution in [2.24, 2.45) is 34.3 Å². The second-order valence-electron chi connectivity index (χ2n) is 8.25. The molecule has 0 aromatic carbocycles. The zero-order valence-electron chi connectivity index (χ0n) is 11.8. The molecular formula is C16H26N2O. The highest BCUT2D eigenvalue weighted by molar-refractivity contribution is 5.79. The highest BCUT2D eigenvalue weighted by Gasteiger charge is 2.54. The summed E-state index contributed by atoms with van der Waals surface area (Å²) in [4.78, 5) is 11.6. The van der Waals surface area contributed by atoms with Crippen molar-refractivity contribution in [2.45, 2.75) is 51.4 Å². The monoisotopic (exact) mass is 262 g/mol. The number of hydrogen-bond donors (Lipinski definition) is 2. The summed E-state index contributed by atoms with van der Waals surface area (Å²) in [5.41, 5.74) is 6.68. The predicted octanol–water partition coefficient (Wildman–Crippen LogP) is 2.06. The van der Waals surface area contributed by atoms with Gasteiger partial charge >= 0.3 is 0 Å². The number of carbonyl (C=O) groups is 1. The number of carbonyl (C=O) groups excluding carboxylic acids is 1. The molecule has 19 heavy (non-hydrogen) atoms. The molecule has 5 rings (SSSR count). The molecule has 0 spiro atoms. The van der Waals surface area contributed by atoms with Gasteiger partial charge in [0, 0.05) is 24.9 Å². The maximum absolute atomic E-state index is 11.6. The molecule has 1 saturated heterocycles. The van der Waals surface area contributed by atoms with Crippen LogP contribution in [0.25, 0.3) is 0 Å². The van der Waals surface area contributed by atoms with Crippen molar-refractivity contribution in [3.05, 3.63) is 0 Å².